The summed E-state index contributed by atoms with van der Waals surface area (Å²) < 4.78 is 26.8. The lowest BCUT2D eigenvalue weighted by atomic mass is 9.95. The molecule has 0 aromatic heterocycles. The molecule has 1 atom stereocenters. The topological polar surface area (TPSA) is 12.0 Å². The second kappa shape index (κ2) is 5.33. The van der Waals surface area contributed by atoms with E-state index in [0.29, 0.717) is 5.56 Å². The molecule has 3 rings (SSSR count). The van der Waals surface area contributed by atoms with E-state index in [4.69, 9.17) is 0 Å². The van der Waals surface area contributed by atoms with Gasteiger partial charge in [-0.3, -0.25) is 0 Å². The molecule has 0 saturated carbocycles. The predicted molar refractivity (Wildman–Crippen MR) is 75.7 cm³/mol. The molecule has 0 radical (unpaired) electrons. The first-order valence-corrected chi connectivity index (χ1v) is 6.92. The van der Waals surface area contributed by atoms with E-state index in [2.05, 4.69) is 17.4 Å². The lowest BCUT2D eigenvalue weighted by Gasteiger charge is -2.18. The minimum Gasteiger partial charge on any atom is -0.309 e. The predicted octanol–water partition coefficient (Wildman–Crippen LogP) is 3.76. The van der Waals surface area contributed by atoms with Gasteiger partial charge in [0.15, 0.2) is 0 Å². The maximum absolute atomic E-state index is 13.4. The maximum atomic E-state index is 13.4. The molecule has 1 aliphatic carbocycles. The third-order valence-electron chi connectivity index (χ3n) is 3.96. The first-order valence-electron chi connectivity index (χ1n) is 6.92. The van der Waals surface area contributed by atoms with E-state index in [-0.39, 0.29) is 6.04 Å². The van der Waals surface area contributed by atoms with Crippen LogP contribution in [0.3, 0.4) is 0 Å². The van der Waals surface area contributed by atoms with Crippen molar-refractivity contribution in [3.63, 3.8) is 0 Å². The molecule has 0 saturated heterocycles. The standard InChI is InChI=1S/C17H17F2N/c1-20-17(14-8-15(18)10-16(19)9-14)13-6-5-11-3-2-4-12(11)7-13/h5-10,17,20H,2-4H2,1H3. The monoisotopic (exact) mass is 273 g/mol. The quantitative estimate of drug-likeness (QED) is 0.897. The van der Waals surface area contributed by atoms with E-state index in [1.165, 1.54) is 29.7 Å². The summed E-state index contributed by atoms with van der Waals surface area (Å²) in [6.07, 6.45) is 3.42. The average Bonchev–Trinajstić information content (AvgIpc) is 2.86. The number of aryl methyl sites for hydroxylation is 2. The number of hydrogen-bond acceptors (Lipinski definition) is 1. The molecular weight excluding hydrogens is 256 g/mol. The molecule has 104 valence electrons. The second-order valence-corrected chi connectivity index (χ2v) is 5.31. The van der Waals surface area contributed by atoms with E-state index >= 15 is 0 Å². The molecule has 0 heterocycles. The number of benzene rings is 2. The molecule has 0 aliphatic heterocycles. The van der Waals surface area contributed by atoms with Gasteiger partial charge in [0.1, 0.15) is 11.6 Å². The Hall–Kier alpha value is -1.74. The molecule has 2 aromatic carbocycles. The van der Waals surface area contributed by atoms with Crippen LogP contribution in [0.4, 0.5) is 8.78 Å². The summed E-state index contributed by atoms with van der Waals surface area (Å²) in [5, 5.41) is 3.15. The van der Waals surface area contributed by atoms with E-state index in [0.717, 1.165) is 24.5 Å². The summed E-state index contributed by atoms with van der Waals surface area (Å²) in [5.41, 5.74) is 4.43. The number of hydrogen-bond donors (Lipinski definition) is 1. The molecular formula is C17H17F2N. The van der Waals surface area contributed by atoms with E-state index in [1.54, 1.807) is 7.05 Å². The largest absolute Gasteiger partial charge is 0.309 e. The summed E-state index contributed by atoms with van der Waals surface area (Å²) in [6, 6.07) is 9.83. The van der Waals surface area contributed by atoms with Gasteiger partial charge < -0.3 is 5.32 Å². The summed E-state index contributed by atoms with van der Waals surface area (Å²) in [6.45, 7) is 0. The van der Waals surface area contributed by atoms with Gasteiger partial charge in [-0.1, -0.05) is 18.2 Å². The van der Waals surface area contributed by atoms with Gasteiger partial charge in [-0.2, -0.15) is 0 Å². The molecule has 2 aromatic rings. The molecule has 0 amide bonds. The third kappa shape index (κ3) is 2.46. The van der Waals surface area contributed by atoms with Crippen LogP contribution in [0.15, 0.2) is 36.4 Å². The van der Waals surface area contributed by atoms with Gasteiger partial charge in [0.2, 0.25) is 0 Å². The highest BCUT2D eigenvalue weighted by atomic mass is 19.1. The van der Waals surface area contributed by atoms with E-state index in [9.17, 15) is 8.78 Å². The lowest BCUT2D eigenvalue weighted by molar-refractivity contribution is 0.571. The number of halogens is 2. The van der Waals surface area contributed by atoms with E-state index < -0.39 is 11.6 Å². The van der Waals surface area contributed by atoms with Gasteiger partial charge in [0, 0.05) is 6.07 Å². The van der Waals surface area contributed by atoms with Crippen molar-refractivity contribution in [3.05, 3.63) is 70.3 Å². The van der Waals surface area contributed by atoms with Crippen LogP contribution in [0.2, 0.25) is 0 Å². The highest BCUT2D eigenvalue weighted by Crippen LogP contribution is 2.29. The van der Waals surface area contributed by atoms with Crippen LogP contribution < -0.4 is 5.32 Å². The fraction of sp³-hybridized carbons (Fsp3) is 0.294. The van der Waals surface area contributed by atoms with Crippen molar-refractivity contribution < 1.29 is 8.78 Å². The highest BCUT2D eigenvalue weighted by molar-refractivity contribution is 5.40. The van der Waals surface area contributed by atoms with Gasteiger partial charge in [0.05, 0.1) is 6.04 Å². The van der Waals surface area contributed by atoms with Gasteiger partial charge in [-0.15, -0.1) is 0 Å². The zero-order valence-corrected chi connectivity index (χ0v) is 11.4. The van der Waals surface area contributed by atoms with Gasteiger partial charge in [-0.25, -0.2) is 8.78 Å². The molecule has 0 fully saturated rings. The van der Waals surface area contributed by atoms with Gasteiger partial charge >= 0.3 is 0 Å². The Morgan fingerprint density at radius 3 is 2.30 bits per heavy atom. The van der Waals surface area contributed by atoms with E-state index in [1.807, 2.05) is 6.07 Å². The van der Waals surface area contributed by atoms with Crippen molar-refractivity contribution in [1.29, 1.82) is 0 Å². The Bertz CT molecular complexity index is 617. The van der Waals surface area contributed by atoms with Gasteiger partial charge in [-0.05, 0) is 60.7 Å². The van der Waals surface area contributed by atoms with Crippen molar-refractivity contribution in [2.45, 2.75) is 25.3 Å². The molecule has 1 nitrogen and oxygen atoms in total. The zero-order valence-electron chi connectivity index (χ0n) is 11.4. The van der Waals surface area contributed by atoms with Crippen molar-refractivity contribution in [1.82, 2.24) is 5.32 Å². The minimum atomic E-state index is -0.540. The average molecular weight is 273 g/mol. The smallest absolute Gasteiger partial charge is 0.126 e. The van der Waals surface area contributed by atoms with Crippen LogP contribution >= 0.6 is 0 Å². The highest BCUT2D eigenvalue weighted by Gasteiger charge is 2.17. The Morgan fingerprint density at radius 2 is 1.60 bits per heavy atom. The third-order valence-corrected chi connectivity index (χ3v) is 3.96. The molecule has 1 aliphatic rings. The van der Waals surface area contributed by atoms with Crippen LogP contribution in [0.25, 0.3) is 0 Å². The van der Waals surface area contributed by atoms with Gasteiger partial charge in [0.25, 0.3) is 0 Å². The van der Waals surface area contributed by atoms with Crippen molar-refractivity contribution in [2.24, 2.45) is 0 Å². The molecule has 1 N–H and O–H groups in total. The van der Waals surface area contributed by atoms with Crippen LogP contribution in [0, 0.1) is 11.6 Å². The number of rotatable bonds is 3. The Labute approximate surface area is 117 Å². The van der Waals surface area contributed by atoms with Crippen molar-refractivity contribution >= 4 is 0 Å². The molecule has 3 heteroatoms. The SMILES string of the molecule is CNC(c1cc(F)cc(F)c1)c1ccc2c(c1)CCC2. The first-order chi connectivity index (χ1) is 9.67. The molecule has 0 bridgehead atoms. The summed E-state index contributed by atoms with van der Waals surface area (Å²) in [7, 11) is 1.81. The number of nitrogens with one attached hydrogen (secondary N) is 1. The maximum Gasteiger partial charge on any atom is 0.126 e. The fourth-order valence-electron chi connectivity index (χ4n) is 3.04. The second-order valence-electron chi connectivity index (χ2n) is 5.31. The first kappa shape index (κ1) is 13.3. The normalized spacial score (nSPS) is 15.2. The van der Waals surface area contributed by atoms with Crippen molar-refractivity contribution in [2.75, 3.05) is 7.05 Å². The van der Waals surface area contributed by atoms with Crippen LogP contribution in [-0.2, 0) is 12.8 Å². The van der Waals surface area contributed by atoms with Crippen LogP contribution in [-0.4, -0.2) is 7.05 Å². The minimum absolute atomic E-state index is 0.189. The number of fused-ring (bicyclic) bond motifs is 1. The summed E-state index contributed by atoms with van der Waals surface area (Å²) in [5.74, 6) is -1.08. The summed E-state index contributed by atoms with van der Waals surface area (Å²) in [4.78, 5) is 0. The van der Waals surface area contributed by atoms with Crippen LogP contribution in [0.1, 0.15) is 34.7 Å². The molecule has 1 unspecified atom stereocenters. The Balaban J connectivity index is 2.01. The van der Waals surface area contributed by atoms with Crippen molar-refractivity contribution in [3.8, 4) is 0 Å². The fourth-order valence-corrected chi connectivity index (χ4v) is 3.04. The Kier molecular flexibility index (Phi) is 3.53. The lowest BCUT2D eigenvalue weighted by Crippen LogP contribution is -2.18. The summed E-state index contributed by atoms with van der Waals surface area (Å²) >= 11 is 0. The molecule has 20 heavy (non-hydrogen) atoms. The zero-order chi connectivity index (χ0) is 14.1. The Morgan fingerprint density at radius 1 is 0.900 bits per heavy atom. The molecule has 0 spiro atoms. The van der Waals surface area contributed by atoms with Crippen LogP contribution in [0.5, 0.6) is 0 Å².